The van der Waals surface area contributed by atoms with Crippen LogP contribution in [0.25, 0.3) is 6.08 Å². The van der Waals surface area contributed by atoms with Gasteiger partial charge in [-0.25, -0.2) is 0 Å². The third-order valence-corrected chi connectivity index (χ3v) is 3.27. The number of hydrogen-bond acceptors (Lipinski definition) is 5. The number of hydrogen-bond donors (Lipinski definition) is 1. The van der Waals surface area contributed by atoms with Crippen molar-refractivity contribution in [3.05, 3.63) is 43.8 Å². The molecule has 0 bridgehead atoms. The predicted molar refractivity (Wildman–Crippen MR) is 67.2 cm³/mol. The third-order valence-electron chi connectivity index (χ3n) is 2.12. The van der Waals surface area contributed by atoms with Crippen LogP contribution in [0.2, 0.25) is 5.02 Å². The summed E-state index contributed by atoms with van der Waals surface area (Å²) in [6.45, 7) is 0. The van der Waals surface area contributed by atoms with Crippen LogP contribution in [-0.2, 0) is 4.79 Å². The van der Waals surface area contributed by atoms with Crippen molar-refractivity contribution in [1.29, 1.82) is 0 Å². The predicted octanol–water partition coefficient (Wildman–Crippen LogP) is 2.57. The summed E-state index contributed by atoms with van der Waals surface area (Å²) in [5.74, 6) is -0.535. The number of nitrogens with one attached hydrogen (secondary N) is 1. The third kappa shape index (κ3) is 2.52. The number of thioether (sulfide) groups is 1. The normalized spacial score (nSPS) is 17.1. The molecule has 92 valence electrons. The number of halogens is 1. The number of nitrogens with zero attached hydrogens (tertiary/aromatic N) is 1. The van der Waals surface area contributed by atoms with Crippen molar-refractivity contribution in [2.45, 2.75) is 0 Å². The summed E-state index contributed by atoms with van der Waals surface area (Å²) in [5, 5.41) is 12.5. The zero-order chi connectivity index (χ0) is 13.3. The first-order valence-electron chi connectivity index (χ1n) is 4.66. The van der Waals surface area contributed by atoms with Crippen molar-refractivity contribution in [3.63, 3.8) is 0 Å². The van der Waals surface area contributed by atoms with E-state index in [1.807, 2.05) is 0 Å². The summed E-state index contributed by atoms with van der Waals surface area (Å²) in [4.78, 5) is 32.5. The maximum Gasteiger partial charge on any atom is 0.290 e. The number of nitro benzene ring substituents is 1. The lowest BCUT2D eigenvalue weighted by Gasteiger charge is -1.99. The Balaban J connectivity index is 2.42. The van der Waals surface area contributed by atoms with Crippen LogP contribution >= 0.6 is 23.4 Å². The lowest BCUT2D eigenvalue weighted by molar-refractivity contribution is -0.384. The lowest BCUT2D eigenvalue weighted by Crippen LogP contribution is -2.17. The maximum atomic E-state index is 11.3. The first kappa shape index (κ1) is 12.6. The van der Waals surface area contributed by atoms with Gasteiger partial charge in [-0.3, -0.25) is 25.0 Å². The number of non-ortho nitro benzene ring substituents is 1. The van der Waals surface area contributed by atoms with Crippen LogP contribution in [0.5, 0.6) is 0 Å². The number of amides is 2. The molecule has 0 spiro atoms. The number of benzene rings is 1. The highest BCUT2D eigenvalue weighted by molar-refractivity contribution is 8.18. The first-order valence-corrected chi connectivity index (χ1v) is 5.85. The summed E-state index contributed by atoms with van der Waals surface area (Å²) < 4.78 is 0. The van der Waals surface area contributed by atoms with Crippen LogP contribution in [0.15, 0.2) is 23.1 Å². The lowest BCUT2D eigenvalue weighted by atomic mass is 10.2. The highest BCUT2D eigenvalue weighted by Gasteiger charge is 2.25. The minimum absolute atomic E-state index is 0.138. The molecule has 0 saturated carbocycles. The quantitative estimate of drug-likeness (QED) is 0.512. The van der Waals surface area contributed by atoms with Crippen LogP contribution < -0.4 is 5.32 Å². The standard InChI is InChI=1S/C10H5ClN2O4S/c11-7-2-1-6(13(16)17)3-5(7)4-8-9(14)12-10(15)18-8/h1-4H,(H,12,14,15). The van der Waals surface area contributed by atoms with Crippen molar-refractivity contribution >= 4 is 46.3 Å². The molecule has 2 amide bonds. The molecule has 6 nitrogen and oxygen atoms in total. The molecule has 0 unspecified atom stereocenters. The Morgan fingerprint density at radius 3 is 2.67 bits per heavy atom. The van der Waals surface area contributed by atoms with Gasteiger partial charge in [0.1, 0.15) is 0 Å². The molecule has 1 aromatic rings. The number of carbonyl (C=O) groups is 2. The molecule has 1 fully saturated rings. The summed E-state index contributed by atoms with van der Waals surface area (Å²) in [5.41, 5.74) is 0.180. The van der Waals surface area contributed by atoms with Gasteiger partial charge < -0.3 is 0 Å². The van der Waals surface area contributed by atoms with Crippen molar-refractivity contribution in [2.75, 3.05) is 0 Å². The van der Waals surface area contributed by atoms with Crippen LogP contribution in [0, 0.1) is 10.1 Å². The topological polar surface area (TPSA) is 89.3 Å². The number of carbonyl (C=O) groups excluding carboxylic acids is 2. The van der Waals surface area contributed by atoms with Crippen molar-refractivity contribution < 1.29 is 14.5 Å². The molecule has 18 heavy (non-hydrogen) atoms. The van der Waals surface area contributed by atoms with E-state index in [2.05, 4.69) is 5.32 Å². The van der Waals surface area contributed by atoms with E-state index in [0.29, 0.717) is 5.56 Å². The molecule has 1 aromatic carbocycles. The first-order chi connectivity index (χ1) is 8.47. The SMILES string of the molecule is O=C1NC(=O)C(=Cc2cc([N+](=O)[O-])ccc2Cl)S1. The highest BCUT2D eigenvalue weighted by atomic mass is 35.5. The molecule has 1 aliphatic rings. The van der Waals surface area contributed by atoms with Gasteiger partial charge in [0.2, 0.25) is 0 Å². The molecule has 0 radical (unpaired) electrons. The van der Waals surface area contributed by atoms with E-state index in [0.717, 1.165) is 11.8 Å². The molecular formula is C10H5ClN2O4S. The molecule has 0 aromatic heterocycles. The van der Waals surface area contributed by atoms with E-state index < -0.39 is 16.1 Å². The number of imide groups is 1. The van der Waals surface area contributed by atoms with Crippen LogP contribution in [0.3, 0.4) is 0 Å². The van der Waals surface area contributed by atoms with Crippen LogP contribution in [0.1, 0.15) is 5.56 Å². The summed E-state index contributed by atoms with van der Waals surface area (Å²) in [6.07, 6.45) is 1.35. The van der Waals surface area contributed by atoms with E-state index in [1.54, 1.807) is 0 Å². The summed E-state index contributed by atoms with van der Waals surface area (Å²) in [6, 6.07) is 3.87. The van der Waals surface area contributed by atoms with Crippen molar-refractivity contribution in [2.24, 2.45) is 0 Å². The molecule has 0 atom stereocenters. The molecule has 0 aliphatic carbocycles. The van der Waals surface area contributed by atoms with Gasteiger partial charge in [-0.05, 0) is 23.9 Å². The van der Waals surface area contributed by atoms with Gasteiger partial charge in [0, 0.05) is 22.7 Å². The van der Waals surface area contributed by atoms with Gasteiger partial charge in [-0.1, -0.05) is 11.6 Å². The average Bonchev–Trinajstić information content (AvgIpc) is 2.60. The van der Waals surface area contributed by atoms with E-state index >= 15 is 0 Å². The molecule has 2 rings (SSSR count). The van der Waals surface area contributed by atoms with E-state index in [4.69, 9.17) is 11.6 Å². The Morgan fingerprint density at radius 2 is 2.11 bits per heavy atom. The van der Waals surface area contributed by atoms with Gasteiger partial charge >= 0.3 is 0 Å². The Bertz CT molecular complexity index is 600. The zero-order valence-corrected chi connectivity index (χ0v) is 10.2. The van der Waals surface area contributed by atoms with E-state index in [9.17, 15) is 19.7 Å². The Kier molecular flexibility index (Phi) is 3.35. The van der Waals surface area contributed by atoms with Gasteiger partial charge in [0.15, 0.2) is 0 Å². The second-order valence-corrected chi connectivity index (χ2v) is 4.74. The Morgan fingerprint density at radius 1 is 1.39 bits per heavy atom. The van der Waals surface area contributed by atoms with Crippen LogP contribution in [-0.4, -0.2) is 16.1 Å². The smallest absolute Gasteiger partial charge is 0.282 e. The minimum atomic E-state index is -0.564. The van der Waals surface area contributed by atoms with Gasteiger partial charge in [0.25, 0.3) is 16.8 Å². The minimum Gasteiger partial charge on any atom is -0.282 e. The Labute approximate surface area is 110 Å². The molecule has 1 saturated heterocycles. The van der Waals surface area contributed by atoms with Crippen LogP contribution in [0.4, 0.5) is 10.5 Å². The fourth-order valence-electron chi connectivity index (χ4n) is 1.32. The molecule has 1 aliphatic heterocycles. The van der Waals surface area contributed by atoms with E-state index in [-0.39, 0.29) is 15.6 Å². The van der Waals surface area contributed by atoms with E-state index in [1.165, 1.54) is 24.3 Å². The number of rotatable bonds is 2. The van der Waals surface area contributed by atoms with Gasteiger partial charge in [0.05, 0.1) is 9.83 Å². The van der Waals surface area contributed by atoms with Gasteiger partial charge in [-0.2, -0.15) is 0 Å². The molecule has 8 heteroatoms. The molecular weight excluding hydrogens is 280 g/mol. The summed E-state index contributed by atoms with van der Waals surface area (Å²) >= 11 is 6.59. The van der Waals surface area contributed by atoms with Crippen molar-refractivity contribution in [3.8, 4) is 0 Å². The largest absolute Gasteiger partial charge is 0.290 e. The van der Waals surface area contributed by atoms with Gasteiger partial charge in [-0.15, -0.1) is 0 Å². The van der Waals surface area contributed by atoms with Crippen molar-refractivity contribution in [1.82, 2.24) is 5.32 Å². The monoisotopic (exact) mass is 284 g/mol. The average molecular weight is 285 g/mol. The fraction of sp³-hybridized carbons (Fsp3) is 0. The molecule has 1 heterocycles. The second-order valence-electron chi connectivity index (χ2n) is 3.32. The second kappa shape index (κ2) is 4.79. The zero-order valence-electron chi connectivity index (χ0n) is 8.68. The highest BCUT2D eigenvalue weighted by Crippen LogP contribution is 2.29. The number of nitro groups is 1. The maximum absolute atomic E-state index is 11.3. The fourth-order valence-corrected chi connectivity index (χ4v) is 2.16. The summed E-state index contributed by atoms with van der Waals surface area (Å²) in [7, 11) is 0. The Hall–Kier alpha value is -1.86. The molecule has 1 N–H and O–H groups in total.